The molecule has 1 aromatic carbocycles. The number of hydrogen-bond donors (Lipinski definition) is 2. The number of hydrogen-bond acceptors (Lipinski definition) is 3. The van der Waals surface area contributed by atoms with Crippen LogP contribution in [0, 0.1) is 0 Å². The van der Waals surface area contributed by atoms with E-state index in [4.69, 9.17) is 0 Å². The number of nitrogens with one attached hydrogen (secondary N) is 1. The maximum Gasteiger partial charge on any atom is 0.0914 e. The number of likely N-dealkylation sites (N-methyl/N-ethyl adjacent to an activating group) is 1. The third-order valence-corrected chi connectivity index (χ3v) is 3.18. The highest BCUT2D eigenvalue weighted by molar-refractivity contribution is 5.17. The van der Waals surface area contributed by atoms with Crippen LogP contribution in [0.25, 0.3) is 0 Å². The molecule has 0 bridgehead atoms. The zero-order valence-corrected chi connectivity index (χ0v) is 9.76. The van der Waals surface area contributed by atoms with E-state index in [1.165, 1.54) is 6.42 Å². The Balaban J connectivity index is 1.78. The molecule has 1 fully saturated rings. The number of nitrogens with zero attached hydrogens (tertiary/aromatic N) is 1. The van der Waals surface area contributed by atoms with Gasteiger partial charge in [-0.1, -0.05) is 30.3 Å². The third-order valence-electron chi connectivity index (χ3n) is 3.18. The Bertz CT molecular complexity index is 315. The van der Waals surface area contributed by atoms with Crippen molar-refractivity contribution in [1.29, 1.82) is 0 Å². The maximum absolute atomic E-state index is 9.97. The second-order valence-electron chi connectivity index (χ2n) is 4.58. The largest absolute Gasteiger partial charge is 0.387 e. The molecule has 16 heavy (non-hydrogen) atoms. The van der Waals surface area contributed by atoms with E-state index in [2.05, 4.69) is 17.3 Å². The van der Waals surface area contributed by atoms with Gasteiger partial charge in [-0.25, -0.2) is 0 Å². The first-order chi connectivity index (χ1) is 7.75. The highest BCUT2D eigenvalue weighted by Crippen LogP contribution is 2.12. The van der Waals surface area contributed by atoms with E-state index >= 15 is 0 Å². The first-order valence-corrected chi connectivity index (χ1v) is 5.90. The Morgan fingerprint density at radius 2 is 2.19 bits per heavy atom. The van der Waals surface area contributed by atoms with Crippen LogP contribution < -0.4 is 5.32 Å². The zero-order valence-electron chi connectivity index (χ0n) is 9.76. The monoisotopic (exact) mass is 220 g/mol. The van der Waals surface area contributed by atoms with Crippen LogP contribution in [0.5, 0.6) is 0 Å². The lowest BCUT2D eigenvalue weighted by Gasteiger charge is -2.16. The minimum atomic E-state index is -0.396. The maximum atomic E-state index is 9.97. The van der Waals surface area contributed by atoms with Gasteiger partial charge in [-0.2, -0.15) is 0 Å². The van der Waals surface area contributed by atoms with Gasteiger partial charge < -0.3 is 15.3 Å². The van der Waals surface area contributed by atoms with E-state index in [0.717, 1.165) is 18.7 Å². The molecule has 1 heterocycles. The molecule has 3 nitrogen and oxygen atoms in total. The van der Waals surface area contributed by atoms with E-state index < -0.39 is 6.10 Å². The van der Waals surface area contributed by atoms with Crippen molar-refractivity contribution in [2.75, 3.05) is 26.7 Å². The van der Waals surface area contributed by atoms with Gasteiger partial charge in [-0.05, 0) is 25.6 Å². The summed E-state index contributed by atoms with van der Waals surface area (Å²) in [6.45, 7) is 2.88. The molecule has 88 valence electrons. The summed E-state index contributed by atoms with van der Waals surface area (Å²) in [5, 5.41) is 13.4. The fraction of sp³-hybridized carbons (Fsp3) is 0.538. The zero-order chi connectivity index (χ0) is 11.4. The van der Waals surface area contributed by atoms with Gasteiger partial charge in [0.05, 0.1) is 6.10 Å². The number of aliphatic hydroxyl groups is 1. The smallest absolute Gasteiger partial charge is 0.0914 e. The normalized spacial score (nSPS) is 23.5. The molecule has 0 aromatic heterocycles. The van der Waals surface area contributed by atoms with Gasteiger partial charge >= 0.3 is 0 Å². The lowest BCUT2D eigenvalue weighted by atomic mass is 10.1. The number of benzene rings is 1. The molecule has 2 atom stereocenters. The molecule has 1 saturated heterocycles. The molecule has 0 spiro atoms. The van der Waals surface area contributed by atoms with Crippen molar-refractivity contribution in [1.82, 2.24) is 10.2 Å². The standard InChI is InChI=1S/C13H20N2O/c1-15-8-7-12(10-15)14-9-13(16)11-5-3-2-4-6-11/h2-6,12-14,16H,7-10H2,1H3/t12?,13-/m1/s1. The predicted molar refractivity (Wildman–Crippen MR) is 65.3 cm³/mol. The van der Waals surface area contributed by atoms with Crippen LogP contribution in [0.1, 0.15) is 18.1 Å². The van der Waals surface area contributed by atoms with Gasteiger partial charge in [0, 0.05) is 19.1 Å². The van der Waals surface area contributed by atoms with Gasteiger partial charge in [0.2, 0.25) is 0 Å². The summed E-state index contributed by atoms with van der Waals surface area (Å²) < 4.78 is 0. The molecule has 0 amide bonds. The van der Waals surface area contributed by atoms with E-state index in [-0.39, 0.29) is 0 Å². The van der Waals surface area contributed by atoms with Crippen molar-refractivity contribution in [3.63, 3.8) is 0 Å². The molecule has 1 aliphatic rings. The lowest BCUT2D eigenvalue weighted by molar-refractivity contribution is 0.170. The summed E-state index contributed by atoms with van der Waals surface area (Å²) >= 11 is 0. The van der Waals surface area contributed by atoms with Crippen LogP contribution in [-0.4, -0.2) is 42.7 Å². The molecule has 3 heteroatoms. The first-order valence-electron chi connectivity index (χ1n) is 5.90. The average Bonchev–Trinajstić information content (AvgIpc) is 2.73. The van der Waals surface area contributed by atoms with Gasteiger partial charge in [0.1, 0.15) is 0 Å². The molecule has 1 unspecified atom stereocenters. The van der Waals surface area contributed by atoms with E-state index in [0.29, 0.717) is 12.6 Å². The van der Waals surface area contributed by atoms with Crippen molar-refractivity contribution in [2.24, 2.45) is 0 Å². The number of aliphatic hydroxyl groups excluding tert-OH is 1. The Hall–Kier alpha value is -0.900. The van der Waals surface area contributed by atoms with Crippen molar-refractivity contribution < 1.29 is 5.11 Å². The Morgan fingerprint density at radius 1 is 1.44 bits per heavy atom. The lowest BCUT2D eigenvalue weighted by Crippen LogP contribution is -2.34. The SMILES string of the molecule is CN1CCC(NC[C@@H](O)c2ccccc2)C1. The first kappa shape index (κ1) is 11.6. The third kappa shape index (κ3) is 3.04. The minimum Gasteiger partial charge on any atom is -0.387 e. The summed E-state index contributed by atoms with van der Waals surface area (Å²) in [4.78, 5) is 2.31. The van der Waals surface area contributed by atoms with Crippen molar-refractivity contribution in [2.45, 2.75) is 18.6 Å². The van der Waals surface area contributed by atoms with Crippen molar-refractivity contribution in [3.8, 4) is 0 Å². The summed E-state index contributed by atoms with van der Waals surface area (Å²) in [5.41, 5.74) is 0.987. The molecule has 2 rings (SSSR count). The highest BCUT2D eigenvalue weighted by Gasteiger charge is 2.19. The fourth-order valence-electron chi connectivity index (χ4n) is 2.17. The molecule has 1 aliphatic heterocycles. The Morgan fingerprint density at radius 3 is 2.81 bits per heavy atom. The molecule has 0 radical (unpaired) electrons. The van der Waals surface area contributed by atoms with Crippen LogP contribution >= 0.6 is 0 Å². The topological polar surface area (TPSA) is 35.5 Å². The van der Waals surface area contributed by atoms with E-state index in [1.807, 2.05) is 30.3 Å². The number of likely N-dealkylation sites (tertiary alicyclic amines) is 1. The van der Waals surface area contributed by atoms with E-state index in [9.17, 15) is 5.11 Å². The van der Waals surface area contributed by atoms with Crippen LogP contribution in [0.2, 0.25) is 0 Å². The summed E-state index contributed by atoms with van der Waals surface area (Å²) in [7, 11) is 2.13. The molecule has 0 saturated carbocycles. The number of rotatable bonds is 4. The predicted octanol–water partition coefficient (Wildman–Crippen LogP) is 1.01. The quantitative estimate of drug-likeness (QED) is 0.795. The van der Waals surface area contributed by atoms with Gasteiger partial charge in [-0.15, -0.1) is 0 Å². The molecule has 2 N–H and O–H groups in total. The minimum absolute atomic E-state index is 0.396. The van der Waals surface area contributed by atoms with Gasteiger partial charge in [0.15, 0.2) is 0 Å². The molecular weight excluding hydrogens is 200 g/mol. The molecule has 1 aromatic rings. The highest BCUT2D eigenvalue weighted by atomic mass is 16.3. The van der Waals surface area contributed by atoms with Crippen molar-refractivity contribution in [3.05, 3.63) is 35.9 Å². The van der Waals surface area contributed by atoms with Crippen LogP contribution in [-0.2, 0) is 0 Å². The van der Waals surface area contributed by atoms with Crippen LogP contribution in [0.4, 0.5) is 0 Å². The van der Waals surface area contributed by atoms with E-state index in [1.54, 1.807) is 0 Å². The fourth-order valence-corrected chi connectivity index (χ4v) is 2.17. The van der Waals surface area contributed by atoms with Gasteiger partial charge in [-0.3, -0.25) is 0 Å². The Labute approximate surface area is 97.1 Å². The second kappa shape index (κ2) is 5.43. The summed E-state index contributed by atoms with van der Waals surface area (Å²) in [6, 6.07) is 10.3. The summed E-state index contributed by atoms with van der Waals surface area (Å²) in [6.07, 6.45) is 0.782. The summed E-state index contributed by atoms with van der Waals surface area (Å²) in [5.74, 6) is 0. The molecule has 0 aliphatic carbocycles. The second-order valence-corrected chi connectivity index (χ2v) is 4.58. The van der Waals surface area contributed by atoms with Crippen molar-refractivity contribution >= 4 is 0 Å². The van der Waals surface area contributed by atoms with Crippen LogP contribution in [0.15, 0.2) is 30.3 Å². The molecular formula is C13H20N2O. The van der Waals surface area contributed by atoms with Crippen LogP contribution in [0.3, 0.4) is 0 Å². The average molecular weight is 220 g/mol. The van der Waals surface area contributed by atoms with Gasteiger partial charge in [0.25, 0.3) is 0 Å². The Kier molecular flexibility index (Phi) is 3.93.